The van der Waals surface area contributed by atoms with Crippen molar-refractivity contribution in [2.75, 3.05) is 18.0 Å². The monoisotopic (exact) mass is 415 g/mol. The SMILES string of the molecule is O=C(CN1C(=O)c2ccccc2N2C(=O)c3ccccc3[C@@H]12)NCCC1=CCCCC1. The number of nitrogens with zero attached hydrogens (tertiary/aromatic N) is 2. The minimum atomic E-state index is -0.599. The third-order valence-electron chi connectivity index (χ3n) is 6.35. The number of carbonyl (C=O) groups is 3. The number of hydrogen-bond acceptors (Lipinski definition) is 3. The van der Waals surface area contributed by atoms with Crippen molar-refractivity contribution in [1.29, 1.82) is 0 Å². The Morgan fingerprint density at radius 3 is 2.55 bits per heavy atom. The number of fused-ring (bicyclic) bond motifs is 5. The minimum Gasteiger partial charge on any atom is -0.354 e. The van der Waals surface area contributed by atoms with Gasteiger partial charge in [-0.05, 0) is 50.3 Å². The first-order valence-electron chi connectivity index (χ1n) is 10.9. The first-order valence-corrected chi connectivity index (χ1v) is 10.9. The van der Waals surface area contributed by atoms with Crippen LogP contribution in [0.2, 0.25) is 0 Å². The van der Waals surface area contributed by atoms with E-state index in [1.165, 1.54) is 23.3 Å². The summed E-state index contributed by atoms with van der Waals surface area (Å²) in [6.07, 6.45) is 7.21. The zero-order chi connectivity index (χ0) is 21.4. The predicted octanol–water partition coefficient (Wildman–Crippen LogP) is 3.81. The Balaban J connectivity index is 1.39. The number of hydrogen-bond donors (Lipinski definition) is 1. The molecule has 1 N–H and O–H groups in total. The van der Waals surface area contributed by atoms with Gasteiger partial charge in [-0.2, -0.15) is 0 Å². The molecule has 1 aliphatic carbocycles. The molecule has 2 aromatic carbocycles. The van der Waals surface area contributed by atoms with Gasteiger partial charge in [-0.3, -0.25) is 19.3 Å². The van der Waals surface area contributed by atoms with Gasteiger partial charge in [0.15, 0.2) is 0 Å². The summed E-state index contributed by atoms with van der Waals surface area (Å²) in [7, 11) is 0. The van der Waals surface area contributed by atoms with E-state index in [-0.39, 0.29) is 24.3 Å². The Morgan fingerprint density at radius 2 is 1.74 bits per heavy atom. The number of benzene rings is 2. The molecule has 0 saturated carbocycles. The van der Waals surface area contributed by atoms with Crippen LogP contribution in [0, 0.1) is 0 Å². The van der Waals surface area contributed by atoms with E-state index < -0.39 is 6.17 Å². The van der Waals surface area contributed by atoms with E-state index in [2.05, 4.69) is 11.4 Å². The summed E-state index contributed by atoms with van der Waals surface area (Å²) in [5, 5.41) is 2.96. The normalized spacial score (nSPS) is 19.5. The van der Waals surface area contributed by atoms with Crippen molar-refractivity contribution in [1.82, 2.24) is 10.2 Å². The fraction of sp³-hybridized carbons (Fsp3) is 0.320. The van der Waals surface area contributed by atoms with Crippen LogP contribution < -0.4 is 10.2 Å². The maximum Gasteiger partial charge on any atom is 0.260 e. The molecule has 3 aliphatic rings. The molecule has 0 spiro atoms. The molecule has 31 heavy (non-hydrogen) atoms. The van der Waals surface area contributed by atoms with Gasteiger partial charge in [0.05, 0.1) is 11.3 Å². The number of allylic oxidation sites excluding steroid dienone is 1. The molecular weight excluding hydrogens is 390 g/mol. The summed E-state index contributed by atoms with van der Waals surface area (Å²) in [6.45, 7) is 0.474. The third-order valence-corrected chi connectivity index (χ3v) is 6.35. The van der Waals surface area contributed by atoms with Crippen LogP contribution >= 0.6 is 0 Å². The highest BCUT2D eigenvalue weighted by Crippen LogP contribution is 2.44. The van der Waals surface area contributed by atoms with Gasteiger partial charge in [0.2, 0.25) is 5.91 Å². The molecule has 0 bridgehead atoms. The van der Waals surface area contributed by atoms with Crippen molar-refractivity contribution in [3.8, 4) is 0 Å². The lowest BCUT2D eigenvalue weighted by atomic mass is 9.97. The molecule has 6 nitrogen and oxygen atoms in total. The number of carbonyl (C=O) groups excluding carboxylic acids is 3. The quantitative estimate of drug-likeness (QED) is 0.755. The molecule has 3 amide bonds. The Kier molecular flexibility index (Phi) is 5.06. The van der Waals surface area contributed by atoms with Gasteiger partial charge < -0.3 is 10.2 Å². The van der Waals surface area contributed by atoms with Crippen molar-refractivity contribution >= 4 is 23.4 Å². The van der Waals surface area contributed by atoms with E-state index in [0.717, 1.165) is 24.8 Å². The second-order valence-corrected chi connectivity index (χ2v) is 8.29. The summed E-state index contributed by atoms with van der Waals surface area (Å²) in [5.74, 6) is -0.581. The fourth-order valence-electron chi connectivity index (χ4n) is 4.84. The molecule has 1 atom stereocenters. The Labute approximate surface area is 181 Å². The van der Waals surface area contributed by atoms with Crippen LogP contribution in [-0.2, 0) is 4.79 Å². The lowest BCUT2D eigenvalue weighted by Gasteiger charge is -2.40. The van der Waals surface area contributed by atoms with E-state index in [1.807, 2.05) is 24.3 Å². The van der Waals surface area contributed by atoms with Crippen LogP contribution in [0.5, 0.6) is 0 Å². The van der Waals surface area contributed by atoms with Crippen LogP contribution in [0.15, 0.2) is 60.2 Å². The van der Waals surface area contributed by atoms with Crippen molar-refractivity contribution < 1.29 is 14.4 Å². The van der Waals surface area contributed by atoms with Gasteiger partial charge in [0.25, 0.3) is 11.8 Å². The van der Waals surface area contributed by atoms with E-state index in [1.54, 1.807) is 29.2 Å². The predicted molar refractivity (Wildman–Crippen MR) is 118 cm³/mol. The zero-order valence-electron chi connectivity index (χ0n) is 17.3. The molecule has 5 rings (SSSR count). The molecule has 2 aliphatic heterocycles. The molecule has 158 valence electrons. The second-order valence-electron chi connectivity index (χ2n) is 8.29. The highest BCUT2D eigenvalue weighted by atomic mass is 16.2. The molecule has 0 unspecified atom stereocenters. The molecule has 0 radical (unpaired) electrons. The lowest BCUT2D eigenvalue weighted by Crippen LogP contribution is -2.51. The molecule has 2 aromatic rings. The maximum absolute atomic E-state index is 13.3. The third kappa shape index (κ3) is 3.42. The number of para-hydroxylation sites is 1. The molecule has 0 fully saturated rings. The molecule has 6 heteroatoms. The van der Waals surface area contributed by atoms with Crippen LogP contribution in [0.25, 0.3) is 0 Å². The average Bonchev–Trinajstić information content (AvgIpc) is 3.10. The summed E-state index contributed by atoms with van der Waals surface area (Å²) in [6, 6.07) is 14.4. The van der Waals surface area contributed by atoms with E-state index in [0.29, 0.717) is 23.4 Å². The number of nitrogens with one attached hydrogen (secondary N) is 1. The molecule has 2 heterocycles. The Hall–Kier alpha value is -3.41. The first-order chi connectivity index (χ1) is 15.1. The highest BCUT2D eigenvalue weighted by molar-refractivity contribution is 6.17. The van der Waals surface area contributed by atoms with E-state index in [9.17, 15) is 14.4 Å². The average molecular weight is 415 g/mol. The first kappa shape index (κ1) is 19.5. The van der Waals surface area contributed by atoms with Gasteiger partial charge in [-0.25, -0.2) is 0 Å². The van der Waals surface area contributed by atoms with Gasteiger partial charge >= 0.3 is 0 Å². The van der Waals surface area contributed by atoms with Gasteiger partial charge in [-0.1, -0.05) is 42.0 Å². The lowest BCUT2D eigenvalue weighted by molar-refractivity contribution is -0.122. The molecule has 0 aromatic heterocycles. The zero-order valence-corrected chi connectivity index (χ0v) is 17.3. The minimum absolute atomic E-state index is 0.0883. The van der Waals surface area contributed by atoms with Crippen molar-refractivity contribution in [2.24, 2.45) is 0 Å². The van der Waals surface area contributed by atoms with Crippen LogP contribution in [-0.4, -0.2) is 35.7 Å². The van der Waals surface area contributed by atoms with E-state index >= 15 is 0 Å². The van der Waals surface area contributed by atoms with Gasteiger partial charge in [-0.15, -0.1) is 0 Å². The Bertz CT molecular complexity index is 1090. The summed E-state index contributed by atoms with van der Waals surface area (Å²) < 4.78 is 0. The van der Waals surface area contributed by atoms with Crippen LogP contribution in [0.3, 0.4) is 0 Å². The topological polar surface area (TPSA) is 69.7 Å². The number of rotatable bonds is 5. The largest absolute Gasteiger partial charge is 0.354 e. The summed E-state index contributed by atoms with van der Waals surface area (Å²) in [5.41, 5.74) is 3.78. The number of amides is 3. The summed E-state index contributed by atoms with van der Waals surface area (Å²) in [4.78, 5) is 42.4. The van der Waals surface area contributed by atoms with Crippen LogP contribution in [0.4, 0.5) is 5.69 Å². The van der Waals surface area contributed by atoms with Gasteiger partial charge in [0, 0.05) is 17.7 Å². The van der Waals surface area contributed by atoms with Crippen molar-refractivity contribution in [2.45, 2.75) is 38.3 Å². The Morgan fingerprint density at radius 1 is 0.968 bits per heavy atom. The smallest absolute Gasteiger partial charge is 0.260 e. The summed E-state index contributed by atoms with van der Waals surface area (Å²) >= 11 is 0. The maximum atomic E-state index is 13.3. The highest BCUT2D eigenvalue weighted by Gasteiger charge is 2.47. The van der Waals surface area contributed by atoms with Gasteiger partial charge in [0.1, 0.15) is 12.7 Å². The standard InChI is InChI=1S/C25H25N3O3/c29-22(26-15-14-17-8-2-1-3-9-17)16-27-23-18-10-4-5-11-19(18)25(31)28(23)21-13-7-6-12-20(21)24(27)30/h4-8,10-13,23H,1-3,9,14-16H2,(H,26,29)/t23-/m0/s1. The molecule has 0 saturated heterocycles. The van der Waals surface area contributed by atoms with Crippen molar-refractivity contribution in [3.05, 3.63) is 76.9 Å². The second kappa shape index (κ2) is 8.02. The van der Waals surface area contributed by atoms with Crippen molar-refractivity contribution in [3.63, 3.8) is 0 Å². The van der Waals surface area contributed by atoms with E-state index in [4.69, 9.17) is 0 Å². The fourth-order valence-corrected chi connectivity index (χ4v) is 4.84. The molecular formula is C25H25N3O3. The van der Waals surface area contributed by atoms with Crippen LogP contribution in [0.1, 0.15) is 64.5 Å². The number of anilines is 1.